The molecule has 0 atom stereocenters. The van der Waals surface area contributed by atoms with Crippen molar-refractivity contribution in [2.75, 3.05) is 11.1 Å². The Labute approximate surface area is 101 Å². The summed E-state index contributed by atoms with van der Waals surface area (Å²) in [7, 11) is 0. The molecule has 0 aromatic carbocycles. The third kappa shape index (κ3) is 2.66. The van der Waals surface area contributed by atoms with Gasteiger partial charge in [0.2, 0.25) is 5.95 Å². The molecule has 0 radical (unpaired) electrons. The van der Waals surface area contributed by atoms with Gasteiger partial charge in [-0.1, -0.05) is 0 Å². The Hall–Kier alpha value is -1.69. The van der Waals surface area contributed by atoms with E-state index in [1.165, 1.54) is 0 Å². The van der Waals surface area contributed by atoms with Crippen molar-refractivity contribution in [2.45, 2.75) is 6.92 Å². The van der Waals surface area contributed by atoms with Crippen LogP contribution in [0.2, 0.25) is 0 Å². The van der Waals surface area contributed by atoms with E-state index >= 15 is 0 Å². The van der Waals surface area contributed by atoms with E-state index in [0.29, 0.717) is 16.4 Å². The Bertz CT molecular complexity index is 494. The van der Waals surface area contributed by atoms with E-state index in [0.717, 1.165) is 11.3 Å². The number of hydrogen-bond donors (Lipinski definition) is 2. The van der Waals surface area contributed by atoms with Crippen molar-refractivity contribution in [3.63, 3.8) is 0 Å². The maximum absolute atomic E-state index is 5.61. The number of rotatable bonds is 2. The predicted molar refractivity (Wildman–Crippen MR) is 66.4 cm³/mol. The summed E-state index contributed by atoms with van der Waals surface area (Å²) in [6.45, 7) is 1.97. The first-order valence-electron chi connectivity index (χ1n) is 4.62. The van der Waals surface area contributed by atoms with Crippen LogP contribution in [0, 0.1) is 6.92 Å². The first-order chi connectivity index (χ1) is 7.63. The van der Waals surface area contributed by atoms with Crippen molar-refractivity contribution in [1.82, 2.24) is 15.0 Å². The maximum atomic E-state index is 5.61. The fourth-order valence-corrected chi connectivity index (χ4v) is 1.65. The molecule has 2 heterocycles. The Morgan fingerprint density at radius 2 is 2.06 bits per heavy atom. The molecule has 0 fully saturated rings. The lowest BCUT2D eigenvalue weighted by Gasteiger charge is -2.05. The highest BCUT2D eigenvalue weighted by atomic mass is 79.9. The van der Waals surface area contributed by atoms with Crippen LogP contribution in [0.15, 0.2) is 29.1 Å². The molecular weight excluding hydrogens is 270 g/mol. The minimum Gasteiger partial charge on any atom is -0.383 e. The summed E-state index contributed by atoms with van der Waals surface area (Å²) in [5, 5.41) is 3.03. The minimum absolute atomic E-state index is 0.407. The van der Waals surface area contributed by atoms with E-state index in [9.17, 15) is 0 Å². The Balaban J connectivity index is 2.27. The molecule has 0 saturated heterocycles. The normalized spacial score (nSPS) is 10.1. The highest BCUT2D eigenvalue weighted by Crippen LogP contribution is 2.16. The highest BCUT2D eigenvalue weighted by molar-refractivity contribution is 9.10. The summed E-state index contributed by atoms with van der Waals surface area (Å²) in [6.07, 6.45) is 3.48. The van der Waals surface area contributed by atoms with Crippen LogP contribution in [0.1, 0.15) is 5.56 Å². The fraction of sp³-hybridized carbons (Fsp3) is 0.100. The van der Waals surface area contributed by atoms with E-state index in [-0.39, 0.29) is 0 Å². The number of aryl methyl sites for hydroxylation is 1. The van der Waals surface area contributed by atoms with E-state index in [2.05, 4.69) is 36.2 Å². The molecule has 0 aliphatic carbocycles. The van der Waals surface area contributed by atoms with E-state index in [1.54, 1.807) is 18.5 Å². The first kappa shape index (κ1) is 10.8. The van der Waals surface area contributed by atoms with Crippen LogP contribution in [0.25, 0.3) is 0 Å². The molecule has 2 aromatic rings. The van der Waals surface area contributed by atoms with Crippen LogP contribution in [0.5, 0.6) is 0 Å². The summed E-state index contributed by atoms with van der Waals surface area (Å²) in [4.78, 5) is 12.3. The number of nitrogens with one attached hydrogen (secondary N) is 1. The molecule has 0 saturated carbocycles. The summed E-state index contributed by atoms with van der Waals surface area (Å²) >= 11 is 3.25. The van der Waals surface area contributed by atoms with Gasteiger partial charge in [-0.3, -0.25) is 4.98 Å². The lowest BCUT2D eigenvalue weighted by Crippen LogP contribution is -2.01. The molecule has 5 nitrogen and oxygen atoms in total. The van der Waals surface area contributed by atoms with Gasteiger partial charge < -0.3 is 11.1 Å². The molecule has 2 rings (SSSR count). The third-order valence-corrected chi connectivity index (χ3v) is 2.25. The topological polar surface area (TPSA) is 76.7 Å². The fourth-order valence-electron chi connectivity index (χ4n) is 1.24. The lowest BCUT2D eigenvalue weighted by molar-refractivity contribution is 1.14. The van der Waals surface area contributed by atoms with E-state index in [1.807, 2.05) is 13.0 Å². The molecule has 3 N–H and O–H groups in total. The van der Waals surface area contributed by atoms with Gasteiger partial charge in [0.1, 0.15) is 10.4 Å². The standard InChI is InChI=1S/C10H10BrN5/c1-6-2-7(5-13-4-6)14-10-15-8(11)3-9(12)16-10/h2-5H,1H3,(H3,12,14,15,16). The van der Waals surface area contributed by atoms with Crippen molar-refractivity contribution in [3.8, 4) is 0 Å². The second-order valence-corrected chi connectivity index (χ2v) is 4.13. The van der Waals surface area contributed by atoms with Crippen LogP contribution in [0.3, 0.4) is 0 Å². The van der Waals surface area contributed by atoms with Gasteiger partial charge in [0.15, 0.2) is 0 Å². The Kier molecular flexibility index (Phi) is 3.00. The van der Waals surface area contributed by atoms with Gasteiger partial charge in [-0.05, 0) is 34.5 Å². The molecule has 16 heavy (non-hydrogen) atoms. The Morgan fingerprint density at radius 3 is 2.75 bits per heavy atom. The minimum atomic E-state index is 0.407. The maximum Gasteiger partial charge on any atom is 0.230 e. The average Bonchev–Trinajstić information content (AvgIpc) is 2.15. The van der Waals surface area contributed by atoms with Gasteiger partial charge in [0.05, 0.1) is 11.9 Å². The summed E-state index contributed by atoms with van der Waals surface area (Å²) in [5.41, 5.74) is 7.50. The molecular formula is C10H10BrN5. The van der Waals surface area contributed by atoms with Crippen LogP contribution >= 0.6 is 15.9 Å². The SMILES string of the molecule is Cc1cncc(Nc2nc(N)cc(Br)n2)c1. The highest BCUT2D eigenvalue weighted by Gasteiger charge is 2.01. The summed E-state index contributed by atoms with van der Waals surface area (Å²) < 4.78 is 0.642. The lowest BCUT2D eigenvalue weighted by atomic mass is 10.3. The molecule has 0 spiro atoms. The average molecular weight is 280 g/mol. The molecule has 6 heteroatoms. The number of anilines is 3. The molecule has 2 aromatic heterocycles. The van der Waals surface area contributed by atoms with Crippen molar-refractivity contribution >= 4 is 33.4 Å². The van der Waals surface area contributed by atoms with Crippen LogP contribution in [-0.2, 0) is 0 Å². The van der Waals surface area contributed by atoms with Crippen LogP contribution < -0.4 is 11.1 Å². The number of nitrogens with zero attached hydrogens (tertiary/aromatic N) is 3. The first-order valence-corrected chi connectivity index (χ1v) is 5.41. The quantitative estimate of drug-likeness (QED) is 0.825. The van der Waals surface area contributed by atoms with Gasteiger partial charge in [0.25, 0.3) is 0 Å². The van der Waals surface area contributed by atoms with Gasteiger partial charge in [-0.25, -0.2) is 4.98 Å². The number of nitrogens with two attached hydrogens (primary N) is 1. The predicted octanol–water partition coefficient (Wildman–Crippen LogP) is 2.27. The molecule has 0 unspecified atom stereocenters. The van der Waals surface area contributed by atoms with Gasteiger partial charge >= 0.3 is 0 Å². The molecule has 0 aliphatic rings. The molecule has 0 aliphatic heterocycles. The second kappa shape index (κ2) is 4.44. The summed E-state index contributed by atoms with van der Waals surface area (Å²) in [6, 6.07) is 3.59. The number of halogens is 1. The monoisotopic (exact) mass is 279 g/mol. The Morgan fingerprint density at radius 1 is 1.25 bits per heavy atom. The van der Waals surface area contributed by atoms with E-state index < -0.39 is 0 Å². The van der Waals surface area contributed by atoms with E-state index in [4.69, 9.17) is 5.73 Å². The second-order valence-electron chi connectivity index (χ2n) is 3.32. The van der Waals surface area contributed by atoms with Crippen molar-refractivity contribution in [1.29, 1.82) is 0 Å². The zero-order valence-corrected chi connectivity index (χ0v) is 10.2. The molecule has 0 bridgehead atoms. The van der Waals surface area contributed by atoms with Gasteiger partial charge in [-0.2, -0.15) is 4.98 Å². The van der Waals surface area contributed by atoms with Gasteiger partial charge in [-0.15, -0.1) is 0 Å². The number of nitrogen functional groups attached to an aromatic ring is 1. The molecule has 82 valence electrons. The zero-order valence-electron chi connectivity index (χ0n) is 8.61. The third-order valence-electron chi connectivity index (χ3n) is 1.85. The smallest absolute Gasteiger partial charge is 0.230 e. The van der Waals surface area contributed by atoms with Crippen molar-refractivity contribution in [2.24, 2.45) is 0 Å². The number of pyridine rings is 1. The zero-order chi connectivity index (χ0) is 11.5. The largest absolute Gasteiger partial charge is 0.383 e. The van der Waals surface area contributed by atoms with Crippen LogP contribution in [-0.4, -0.2) is 15.0 Å². The van der Waals surface area contributed by atoms with Crippen molar-refractivity contribution < 1.29 is 0 Å². The number of hydrogen-bond acceptors (Lipinski definition) is 5. The molecule has 0 amide bonds. The summed E-state index contributed by atoms with van der Waals surface area (Å²) in [5.74, 6) is 0.851. The van der Waals surface area contributed by atoms with Crippen LogP contribution in [0.4, 0.5) is 17.5 Å². The number of aromatic nitrogens is 3. The van der Waals surface area contributed by atoms with Gasteiger partial charge in [0, 0.05) is 12.3 Å². The van der Waals surface area contributed by atoms with Crippen molar-refractivity contribution in [3.05, 3.63) is 34.7 Å².